The van der Waals surface area contributed by atoms with Crippen LogP contribution in [0.15, 0.2) is 0 Å². The van der Waals surface area contributed by atoms with Crippen molar-refractivity contribution in [3.05, 3.63) is 0 Å². The fraction of sp³-hybridized carbons (Fsp3) is 0.800. The van der Waals surface area contributed by atoms with Gasteiger partial charge in [-0.15, -0.1) is 0 Å². The van der Waals surface area contributed by atoms with Gasteiger partial charge in [-0.1, -0.05) is 6.92 Å². The zero-order valence-corrected chi connectivity index (χ0v) is 10.4. The van der Waals surface area contributed by atoms with E-state index < -0.39 is 12.0 Å². The number of hydrogen-bond acceptors (Lipinski definition) is 3. The molecular formula is C10H21N3O3. The minimum Gasteiger partial charge on any atom is -0.480 e. The Morgan fingerprint density at radius 3 is 2.31 bits per heavy atom. The number of urea groups is 1. The van der Waals surface area contributed by atoms with Crippen LogP contribution in [0.2, 0.25) is 0 Å². The number of likely N-dealkylation sites (N-methyl/N-ethyl adjacent to an activating group) is 3. The molecule has 0 aliphatic rings. The Kier molecular flexibility index (Phi) is 6.48. The van der Waals surface area contributed by atoms with E-state index in [9.17, 15) is 9.59 Å². The summed E-state index contributed by atoms with van der Waals surface area (Å²) in [5, 5.41) is 11.9. The van der Waals surface area contributed by atoms with Crippen LogP contribution in [0.25, 0.3) is 0 Å². The van der Waals surface area contributed by atoms with Crippen LogP contribution < -0.4 is 5.32 Å². The molecule has 0 saturated heterocycles. The molecule has 1 unspecified atom stereocenters. The molecular weight excluding hydrogens is 210 g/mol. The zero-order valence-electron chi connectivity index (χ0n) is 10.4. The Morgan fingerprint density at radius 2 is 1.94 bits per heavy atom. The predicted octanol–water partition coefficient (Wildman–Crippen LogP) is 0.0526. The first-order valence-corrected chi connectivity index (χ1v) is 5.31. The lowest BCUT2D eigenvalue weighted by Crippen LogP contribution is -2.48. The van der Waals surface area contributed by atoms with E-state index in [0.717, 1.165) is 0 Å². The maximum Gasteiger partial charge on any atom is 0.326 e. The van der Waals surface area contributed by atoms with Crippen LogP contribution in [0.3, 0.4) is 0 Å². The minimum absolute atomic E-state index is 0.274. The van der Waals surface area contributed by atoms with Crippen LogP contribution in [0.1, 0.15) is 13.3 Å². The third-order valence-corrected chi connectivity index (χ3v) is 2.46. The molecule has 0 radical (unpaired) electrons. The maximum atomic E-state index is 11.8. The molecule has 0 spiro atoms. The van der Waals surface area contributed by atoms with Crippen molar-refractivity contribution in [2.45, 2.75) is 19.4 Å². The second-order valence-electron chi connectivity index (χ2n) is 3.68. The van der Waals surface area contributed by atoms with Crippen LogP contribution in [0.4, 0.5) is 4.79 Å². The second-order valence-corrected chi connectivity index (χ2v) is 3.68. The highest BCUT2D eigenvalue weighted by Gasteiger charge is 2.26. The van der Waals surface area contributed by atoms with Gasteiger partial charge in [0.25, 0.3) is 0 Å². The SMILES string of the molecule is CCC(C(=O)O)N(C)C(=O)N(C)CCNC. The summed E-state index contributed by atoms with van der Waals surface area (Å²) in [6.07, 6.45) is 0.400. The highest BCUT2D eigenvalue weighted by Crippen LogP contribution is 2.05. The van der Waals surface area contributed by atoms with Gasteiger partial charge in [-0.25, -0.2) is 9.59 Å². The molecule has 0 saturated carbocycles. The summed E-state index contributed by atoms with van der Waals surface area (Å²) in [5.41, 5.74) is 0. The molecule has 1 atom stereocenters. The fourth-order valence-electron chi connectivity index (χ4n) is 1.39. The standard InChI is InChI=1S/C10H21N3O3/c1-5-8(9(14)15)13(4)10(16)12(3)7-6-11-2/h8,11H,5-7H2,1-4H3,(H,14,15). The normalized spacial score (nSPS) is 12.0. The number of rotatable bonds is 6. The Morgan fingerprint density at radius 1 is 1.38 bits per heavy atom. The van der Waals surface area contributed by atoms with Crippen LogP contribution in [0, 0.1) is 0 Å². The summed E-state index contributed by atoms with van der Waals surface area (Å²) >= 11 is 0. The topological polar surface area (TPSA) is 72.9 Å². The fourth-order valence-corrected chi connectivity index (χ4v) is 1.39. The molecule has 0 rings (SSSR count). The summed E-state index contributed by atoms with van der Waals surface area (Å²) in [4.78, 5) is 25.5. The number of aliphatic carboxylic acids is 1. The van der Waals surface area contributed by atoms with Gasteiger partial charge in [-0.3, -0.25) is 0 Å². The Bertz CT molecular complexity index is 245. The van der Waals surface area contributed by atoms with Crippen molar-refractivity contribution in [2.75, 3.05) is 34.2 Å². The molecule has 16 heavy (non-hydrogen) atoms. The van der Waals surface area contributed by atoms with E-state index in [4.69, 9.17) is 5.11 Å². The largest absolute Gasteiger partial charge is 0.480 e. The number of carboxylic acid groups (broad SMARTS) is 1. The number of amides is 2. The molecule has 2 amide bonds. The Labute approximate surface area is 96.2 Å². The van der Waals surface area contributed by atoms with E-state index in [-0.39, 0.29) is 6.03 Å². The van der Waals surface area contributed by atoms with Crippen molar-refractivity contribution in [1.82, 2.24) is 15.1 Å². The highest BCUT2D eigenvalue weighted by atomic mass is 16.4. The van der Waals surface area contributed by atoms with Crippen molar-refractivity contribution in [2.24, 2.45) is 0 Å². The van der Waals surface area contributed by atoms with E-state index in [2.05, 4.69) is 5.32 Å². The quantitative estimate of drug-likeness (QED) is 0.677. The van der Waals surface area contributed by atoms with E-state index in [1.54, 1.807) is 21.0 Å². The highest BCUT2D eigenvalue weighted by molar-refractivity contribution is 5.82. The minimum atomic E-state index is -0.972. The third-order valence-electron chi connectivity index (χ3n) is 2.46. The first-order valence-electron chi connectivity index (χ1n) is 5.31. The van der Waals surface area contributed by atoms with Crippen LogP contribution in [0.5, 0.6) is 0 Å². The predicted molar refractivity (Wildman–Crippen MR) is 61.4 cm³/mol. The molecule has 0 heterocycles. The Hall–Kier alpha value is -1.30. The second kappa shape index (κ2) is 7.05. The van der Waals surface area contributed by atoms with Gasteiger partial charge in [0.05, 0.1) is 0 Å². The zero-order chi connectivity index (χ0) is 12.7. The van der Waals surface area contributed by atoms with Gasteiger partial charge in [-0.2, -0.15) is 0 Å². The third kappa shape index (κ3) is 4.06. The number of nitrogens with one attached hydrogen (secondary N) is 1. The summed E-state index contributed by atoms with van der Waals surface area (Å²) < 4.78 is 0. The molecule has 0 aromatic heterocycles. The molecule has 6 nitrogen and oxygen atoms in total. The van der Waals surface area contributed by atoms with Gasteiger partial charge in [0.15, 0.2) is 0 Å². The van der Waals surface area contributed by atoms with Gasteiger partial charge in [0.2, 0.25) is 0 Å². The molecule has 0 aromatic rings. The number of hydrogen-bond donors (Lipinski definition) is 2. The first-order chi connectivity index (χ1) is 7.45. The van der Waals surface area contributed by atoms with Crippen molar-refractivity contribution in [3.63, 3.8) is 0 Å². The van der Waals surface area contributed by atoms with Crippen molar-refractivity contribution in [1.29, 1.82) is 0 Å². The first kappa shape index (κ1) is 14.7. The monoisotopic (exact) mass is 231 g/mol. The van der Waals surface area contributed by atoms with Crippen LogP contribution in [-0.2, 0) is 4.79 Å². The lowest BCUT2D eigenvalue weighted by Gasteiger charge is -2.28. The lowest BCUT2D eigenvalue weighted by molar-refractivity contribution is -0.142. The van der Waals surface area contributed by atoms with Crippen molar-refractivity contribution < 1.29 is 14.7 Å². The average molecular weight is 231 g/mol. The smallest absolute Gasteiger partial charge is 0.326 e. The van der Waals surface area contributed by atoms with Crippen molar-refractivity contribution >= 4 is 12.0 Å². The molecule has 0 aliphatic carbocycles. The molecule has 0 bridgehead atoms. The molecule has 2 N–H and O–H groups in total. The van der Waals surface area contributed by atoms with Gasteiger partial charge < -0.3 is 20.2 Å². The Balaban J connectivity index is 4.40. The van der Waals surface area contributed by atoms with Crippen LogP contribution in [-0.4, -0.2) is 67.2 Å². The lowest BCUT2D eigenvalue weighted by atomic mass is 10.2. The van der Waals surface area contributed by atoms with Gasteiger partial charge in [0.1, 0.15) is 6.04 Å². The summed E-state index contributed by atoms with van der Waals surface area (Å²) in [7, 11) is 4.97. The van der Waals surface area contributed by atoms with Gasteiger partial charge in [0, 0.05) is 27.2 Å². The molecule has 0 fully saturated rings. The maximum absolute atomic E-state index is 11.8. The molecule has 94 valence electrons. The van der Waals surface area contributed by atoms with Gasteiger partial charge in [-0.05, 0) is 13.5 Å². The molecule has 6 heteroatoms. The summed E-state index contributed by atoms with van der Waals surface area (Å²) in [6, 6.07) is -1.03. The molecule has 0 aromatic carbocycles. The average Bonchev–Trinajstić information content (AvgIpc) is 2.24. The van der Waals surface area contributed by atoms with Crippen molar-refractivity contribution in [3.8, 4) is 0 Å². The van der Waals surface area contributed by atoms with Crippen LogP contribution >= 0.6 is 0 Å². The number of carbonyl (C=O) groups excluding carboxylic acids is 1. The number of nitrogens with zero attached hydrogens (tertiary/aromatic N) is 2. The summed E-state index contributed by atoms with van der Waals surface area (Å²) in [6.45, 7) is 2.98. The van der Waals surface area contributed by atoms with E-state index in [1.807, 2.05) is 0 Å². The van der Waals surface area contributed by atoms with E-state index in [0.29, 0.717) is 19.5 Å². The molecule has 0 aliphatic heterocycles. The number of carbonyl (C=O) groups is 2. The van der Waals surface area contributed by atoms with E-state index in [1.165, 1.54) is 16.8 Å². The van der Waals surface area contributed by atoms with E-state index >= 15 is 0 Å². The summed E-state index contributed by atoms with van der Waals surface area (Å²) in [5.74, 6) is -0.972. The van der Waals surface area contributed by atoms with Gasteiger partial charge >= 0.3 is 12.0 Å². The number of carboxylic acids is 1.